The monoisotopic (exact) mass is 458 g/mol. The molecule has 1 aliphatic heterocycles. The van der Waals surface area contributed by atoms with Crippen molar-refractivity contribution < 1.29 is 19.2 Å². The zero-order valence-electron chi connectivity index (χ0n) is 14.1. The van der Waals surface area contributed by atoms with Gasteiger partial charge in [-0.15, -0.1) is 0 Å². The highest BCUT2D eigenvalue weighted by molar-refractivity contribution is 9.11. The summed E-state index contributed by atoms with van der Waals surface area (Å²) in [7, 11) is 1.75. The van der Waals surface area contributed by atoms with E-state index in [0.29, 0.717) is 3.79 Å². The summed E-state index contributed by atoms with van der Waals surface area (Å²) in [5.41, 5.74) is -0.150. The van der Waals surface area contributed by atoms with E-state index in [-0.39, 0.29) is 29.8 Å². The Bertz CT molecular complexity index is 864. The van der Waals surface area contributed by atoms with Crippen LogP contribution in [0.25, 0.3) is 0 Å². The minimum absolute atomic E-state index is 0.101. The number of hydrogen-bond acceptors (Lipinski definition) is 9. The van der Waals surface area contributed by atoms with Crippen molar-refractivity contribution in [1.29, 1.82) is 0 Å². The van der Waals surface area contributed by atoms with Crippen LogP contribution in [0.15, 0.2) is 34.2 Å². The number of carbonyl (C=O) groups is 1. The number of rotatable bonds is 6. The third-order valence-corrected chi connectivity index (χ3v) is 5.41. The largest absolute Gasteiger partial charge is 0.622 e. The fourth-order valence-corrected chi connectivity index (χ4v) is 3.90. The Kier molecular flexibility index (Phi) is 5.72. The van der Waals surface area contributed by atoms with Crippen molar-refractivity contribution in [3.63, 3.8) is 0 Å². The second-order valence-electron chi connectivity index (χ2n) is 5.91. The van der Waals surface area contributed by atoms with Gasteiger partial charge in [0.25, 0.3) is 17.0 Å². The molecule has 2 heterocycles. The Morgan fingerprint density at radius 1 is 1.56 bits per heavy atom. The van der Waals surface area contributed by atoms with Crippen LogP contribution in [0, 0.1) is 15.3 Å². The molecule has 144 valence electrons. The molecule has 0 bridgehead atoms. The van der Waals surface area contributed by atoms with Gasteiger partial charge in [-0.1, -0.05) is 6.07 Å². The van der Waals surface area contributed by atoms with E-state index < -0.39 is 28.4 Å². The Morgan fingerprint density at radius 2 is 2.33 bits per heavy atom. The number of benzene rings is 1. The van der Waals surface area contributed by atoms with Gasteiger partial charge in [-0.2, -0.15) is 4.98 Å². The highest BCUT2D eigenvalue weighted by Crippen LogP contribution is 2.36. The summed E-state index contributed by atoms with van der Waals surface area (Å²) in [6.07, 6.45) is 0.551. The lowest BCUT2D eigenvalue weighted by Gasteiger charge is -2.38. The van der Waals surface area contributed by atoms with E-state index in [1.807, 2.05) is 0 Å². The van der Waals surface area contributed by atoms with Gasteiger partial charge in [0.15, 0.2) is 6.61 Å². The molecule has 2 unspecified atom stereocenters. The zero-order chi connectivity index (χ0) is 19.6. The molecule has 3 rings (SSSR count). The van der Waals surface area contributed by atoms with E-state index in [9.17, 15) is 20.1 Å². The Morgan fingerprint density at radius 3 is 3.00 bits per heavy atom. The molecule has 0 aliphatic carbocycles. The average molecular weight is 459 g/mol. The van der Waals surface area contributed by atoms with E-state index in [4.69, 9.17) is 9.47 Å². The van der Waals surface area contributed by atoms with Gasteiger partial charge < -0.3 is 14.7 Å². The molecule has 10 nitrogen and oxygen atoms in total. The summed E-state index contributed by atoms with van der Waals surface area (Å²) in [5, 5.41) is 24.3. The van der Waals surface area contributed by atoms with Crippen LogP contribution >= 0.6 is 27.3 Å². The summed E-state index contributed by atoms with van der Waals surface area (Å²) in [5.74, 6) is -0.577. The molecule has 1 aliphatic rings. The molecule has 0 amide bonds. The van der Waals surface area contributed by atoms with Crippen molar-refractivity contribution in [3.05, 3.63) is 49.6 Å². The van der Waals surface area contributed by atoms with Crippen LogP contribution in [0.1, 0.15) is 0 Å². The molecule has 1 aromatic carbocycles. The number of nitrogens with zero attached hydrogens (tertiary/aromatic N) is 4. The lowest BCUT2D eigenvalue weighted by Crippen LogP contribution is -2.51. The summed E-state index contributed by atoms with van der Waals surface area (Å²) >= 11 is 4.46. The third-order valence-electron chi connectivity index (χ3n) is 3.83. The molecule has 0 saturated carbocycles. The third kappa shape index (κ3) is 4.42. The molecule has 2 aromatic rings. The number of nitro groups is 1. The first-order chi connectivity index (χ1) is 12.8. The fourth-order valence-electron chi connectivity index (χ4n) is 2.65. The number of ether oxygens (including phenoxy) is 2. The number of quaternary nitrogens is 1. The van der Waals surface area contributed by atoms with Crippen LogP contribution in [0.2, 0.25) is 0 Å². The number of esters is 1. The molecule has 27 heavy (non-hydrogen) atoms. The first-order valence-electron chi connectivity index (χ1n) is 7.74. The summed E-state index contributed by atoms with van der Waals surface area (Å²) in [4.78, 5) is 28.2. The highest BCUT2D eigenvalue weighted by Gasteiger charge is 2.44. The van der Waals surface area contributed by atoms with E-state index in [2.05, 4.69) is 20.9 Å². The minimum Gasteiger partial charge on any atom is -0.622 e. The number of likely N-dealkylation sites (N-methyl/N-ethyl adjacent to an activating group) is 1. The maximum absolute atomic E-state index is 13.2. The second-order valence-corrected chi connectivity index (χ2v) is 8.30. The maximum atomic E-state index is 13.2. The maximum Gasteiger partial charge on any atom is 0.348 e. The van der Waals surface area contributed by atoms with Crippen LogP contribution in [-0.4, -0.2) is 53.9 Å². The van der Waals surface area contributed by atoms with Crippen molar-refractivity contribution in [1.82, 2.24) is 14.5 Å². The Hall–Kier alpha value is -2.12. The molecule has 2 atom stereocenters. The van der Waals surface area contributed by atoms with E-state index >= 15 is 0 Å². The minimum atomic E-state index is -0.978. The first kappa shape index (κ1) is 19.6. The number of hydroxylamine groups is 2. The van der Waals surface area contributed by atoms with Gasteiger partial charge in [-0.25, -0.2) is 9.69 Å². The standard InChI is InChI=1S/C15H15BrN4O6S/c1-18-7-13(20(24,9-18)15-17-6-12(16)27-15)26-14(21)8-25-11-4-2-3-10(5-11)19(22)23/h2-6,13H,7-9H2,1H3. The normalized spacial score (nSPS) is 22.6. The number of non-ortho nitro benzene ring substituents is 1. The molecule has 1 saturated heterocycles. The molecule has 0 N–H and O–H groups in total. The molecular formula is C15H15BrN4O6S. The van der Waals surface area contributed by atoms with Crippen molar-refractivity contribution in [2.45, 2.75) is 6.23 Å². The molecule has 1 aromatic heterocycles. The van der Waals surface area contributed by atoms with Crippen LogP contribution in [0.4, 0.5) is 10.8 Å². The fraction of sp³-hybridized carbons (Fsp3) is 0.333. The van der Waals surface area contributed by atoms with Gasteiger partial charge >= 0.3 is 5.97 Å². The van der Waals surface area contributed by atoms with Gasteiger partial charge in [-0.3, -0.25) is 14.8 Å². The Labute approximate surface area is 166 Å². The van der Waals surface area contributed by atoms with Gasteiger partial charge in [-0.05, 0) is 40.4 Å². The van der Waals surface area contributed by atoms with Crippen LogP contribution in [0.3, 0.4) is 0 Å². The van der Waals surface area contributed by atoms with E-state index in [0.717, 1.165) is 0 Å². The predicted molar refractivity (Wildman–Crippen MR) is 101 cm³/mol. The lowest BCUT2D eigenvalue weighted by atomic mass is 10.3. The number of thiazole rings is 1. The summed E-state index contributed by atoms with van der Waals surface area (Å²) in [6.45, 7) is -0.115. The van der Waals surface area contributed by atoms with Crippen molar-refractivity contribution in [2.24, 2.45) is 0 Å². The molecule has 1 fully saturated rings. The smallest absolute Gasteiger partial charge is 0.348 e. The van der Waals surface area contributed by atoms with Crippen LogP contribution in [-0.2, 0) is 9.53 Å². The lowest BCUT2D eigenvalue weighted by molar-refractivity contribution is -0.384. The van der Waals surface area contributed by atoms with Gasteiger partial charge in [0, 0.05) is 6.07 Å². The molecule has 12 heteroatoms. The van der Waals surface area contributed by atoms with E-state index in [1.165, 1.54) is 41.8 Å². The number of carbonyl (C=O) groups excluding carboxylic acids is 1. The average Bonchev–Trinajstić information content (AvgIpc) is 3.17. The topological polar surface area (TPSA) is 118 Å². The first-order valence-corrected chi connectivity index (χ1v) is 9.35. The summed E-state index contributed by atoms with van der Waals surface area (Å²) in [6, 6.07) is 5.46. The zero-order valence-corrected chi connectivity index (χ0v) is 16.5. The number of halogens is 1. The van der Waals surface area contributed by atoms with Gasteiger partial charge in [0.05, 0.1) is 27.5 Å². The van der Waals surface area contributed by atoms with Crippen molar-refractivity contribution in [3.8, 4) is 5.75 Å². The summed E-state index contributed by atoms with van der Waals surface area (Å²) < 4.78 is 10.4. The van der Waals surface area contributed by atoms with Crippen LogP contribution in [0.5, 0.6) is 5.75 Å². The van der Waals surface area contributed by atoms with Crippen molar-refractivity contribution in [2.75, 3.05) is 26.9 Å². The quantitative estimate of drug-likeness (QED) is 0.213. The highest BCUT2D eigenvalue weighted by atomic mass is 79.9. The second kappa shape index (κ2) is 7.86. The number of aromatic nitrogens is 1. The van der Waals surface area contributed by atoms with Gasteiger partial charge in [0.2, 0.25) is 0 Å². The van der Waals surface area contributed by atoms with Crippen LogP contribution < -0.4 is 9.38 Å². The Balaban J connectivity index is 1.64. The molecule has 0 spiro atoms. The molecular weight excluding hydrogens is 444 g/mol. The van der Waals surface area contributed by atoms with Gasteiger partial charge in [0.1, 0.15) is 12.4 Å². The number of hydrogen-bond donors (Lipinski definition) is 0. The van der Waals surface area contributed by atoms with E-state index in [1.54, 1.807) is 11.9 Å². The molecule has 0 radical (unpaired) electrons. The van der Waals surface area contributed by atoms with Crippen molar-refractivity contribution >= 4 is 44.1 Å². The number of nitro benzene ring substituents is 1. The predicted octanol–water partition coefficient (Wildman–Crippen LogP) is 2.47. The SMILES string of the molecule is CN1CC(OC(=O)COc2cccc([N+](=O)[O-])c2)[N+]([O-])(c2ncc(Br)s2)C1.